The molecule has 4 aromatic rings. The fourth-order valence-corrected chi connectivity index (χ4v) is 7.12. The van der Waals surface area contributed by atoms with E-state index in [1.54, 1.807) is 30.5 Å². The van der Waals surface area contributed by atoms with Gasteiger partial charge in [0.25, 0.3) is 0 Å². The molecule has 1 aliphatic heterocycles. The predicted molar refractivity (Wildman–Crippen MR) is 175 cm³/mol. The Balaban J connectivity index is 1.29. The molecule has 238 valence electrons. The summed E-state index contributed by atoms with van der Waals surface area (Å²) in [6, 6.07) is 14.9. The minimum atomic E-state index is -3.05. The predicted octanol–water partition coefficient (Wildman–Crippen LogP) is 7.32. The number of sulfone groups is 1. The second-order valence-corrected chi connectivity index (χ2v) is 14.1. The van der Waals surface area contributed by atoms with Crippen molar-refractivity contribution in [3.63, 3.8) is 0 Å². The highest BCUT2D eigenvalue weighted by Crippen LogP contribution is 2.42. The zero-order chi connectivity index (χ0) is 31.9. The summed E-state index contributed by atoms with van der Waals surface area (Å²) in [7, 11) is -3.05. The average Bonchev–Trinajstić information content (AvgIpc) is 3.48. The summed E-state index contributed by atoms with van der Waals surface area (Å²) in [6.45, 7) is 3.02. The summed E-state index contributed by atoms with van der Waals surface area (Å²) in [5, 5.41) is 7.13. The Morgan fingerprint density at radius 3 is 2.69 bits per heavy atom. The van der Waals surface area contributed by atoms with Crippen molar-refractivity contribution < 1.29 is 26.7 Å². The first-order chi connectivity index (χ1) is 21.7. The fourth-order valence-electron chi connectivity index (χ4n) is 5.35. The molecule has 2 heterocycles. The summed E-state index contributed by atoms with van der Waals surface area (Å²) in [6.07, 6.45) is 7.15. The third-order valence-electron chi connectivity index (χ3n) is 7.57. The normalized spacial score (nSPS) is 16.2. The van der Waals surface area contributed by atoms with Gasteiger partial charge in [0.15, 0.2) is 9.84 Å². The quantitative estimate of drug-likeness (QED) is 0.125. The molecule has 45 heavy (non-hydrogen) atoms. The highest BCUT2D eigenvalue weighted by Gasteiger charge is 2.38. The van der Waals surface area contributed by atoms with Gasteiger partial charge in [-0.25, -0.2) is 27.2 Å². The number of benzene rings is 3. The molecular weight excluding hydrogens is 666 g/mol. The van der Waals surface area contributed by atoms with E-state index in [1.807, 2.05) is 25.1 Å². The maximum absolute atomic E-state index is 15.6. The van der Waals surface area contributed by atoms with E-state index in [1.165, 1.54) is 24.5 Å². The highest BCUT2D eigenvalue weighted by atomic mass is 79.9. The number of ether oxygens (including phenoxy) is 2. The third-order valence-corrected chi connectivity index (χ3v) is 10.0. The molecule has 2 N–H and O–H groups in total. The van der Waals surface area contributed by atoms with Crippen LogP contribution in [0.3, 0.4) is 0 Å². The monoisotopic (exact) mass is 700 g/mol. The highest BCUT2D eigenvalue weighted by molar-refractivity contribution is 9.10. The van der Waals surface area contributed by atoms with Crippen LogP contribution >= 0.6 is 15.9 Å². The fraction of sp³-hybridized carbons (Fsp3) is 0.333. The van der Waals surface area contributed by atoms with Gasteiger partial charge in [0.2, 0.25) is 0 Å². The first kappa shape index (κ1) is 32.8. The van der Waals surface area contributed by atoms with Gasteiger partial charge in [0, 0.05) is 41.4 Å². The molecule has 0 spiro atoms. The molecule has 0 aliphatic carbocycles. The molecular formula is C33H35BrF2N4O4S. The largest absolute Gasteiger partial charge is 0.490 e. The molecule has 0 bridgehead atoms. The number of fused-ring (bicyclic) bond motifs is 1. The lowest BCUT2D eigenvalue weighted by Crippen LogP contribution is -2.29. The first-order valence-corrected chi connectivity index (χ1v) is 17.4. The topological polar surface area (TPSA) is 102 Å². The molecule has 5 rings (SSSR count). The summed E-state index contributed by atoms with van der Waals surface area (Å²) in [5.41, 5.74) is 1.38. The Labute approximate surface area is 270 Å². The third kappa shape index (κ3) is 8.36. The second kappa shape index (κ2) is 14.7. The molecule has 0 fully saturated rings. The number of nitrogens with one attached hydrogen (secondary N) is 2. The Morgan fingerprint density at radius 2 is 1.93 bits per heavy atom. The van der Waals surface area contributed by atoms with Gasteiger partial charge in [0.1, 0.15) is 41.7 Å². The summed E-state index contributed by atoms with van der Waals surface area (Å²) in [5.74, 6) is 0.636. The van der Waals surface area contributed by atoms with Gasteiger partial charge in [-0.2, -0.15) is 0 Å². The van der Waals surface area contributed by atoms with Gasteiger partial charge in [0.05, 0.1) is 22.0 Å². The van der Waals surface area contributed by atoms with Crippen LogP contribution in [0, 0.1) is 11.6 Å². The van der Waals surface area contributed by atoms with Crippen LogP contribution in [-0.4, -0.2) is 43.0 Å². The molecule has 1 atom stereocenters. The number of halogens is 3. The molecule has 1 aromatic heterocycles. The van der Waals surface area contributed by atoms with E-state index < -0.39 is 21.3 Å². The lowest BCUT2D eigenvalue weighted by Gasteiger charge is -2.30. The minimum absolute atomic E-state index is 0.0976. The molecule has 8 nitrogen and oxygen atoms in total. The molecule has 0 amide bonds. The standard InChI is InChI=1S/C33H35BrF2N4O4S/c1-2-15-45(41,42)16-13-37-12-4-10-33(11-5-14-44-33)27-19-26-30(20-29(27)36)38-22-39-32(26)40-25-8-9-31(28(34)18-25)43-21-23-6-3-7-24(35)17-23/h3,5-9,14,17-20,22,37H,2,4,10-13,15-16,21H2,1H3,(H,38,39,40). The molecule has 0 saturated carbocycles. The van der Waals surface area contributed by atoms with E-state index in [4.69, 9.17) is 9.47 Å². The first-order valence-electron chi connectivity index (χ1n) is 14.8. The van der Waals surface area contributed by atoms with Gasteiger partial charge in [-0.1, -0.05) is 19.1 Å². The lowest BCUT2D eigenvalue weighted by molar-refractivity contribution is 0.0273. The van der Waals surface area contributed by atoms with E-state index in [-0.39, 0.29) is 23.9 Å². The smallest absolute Gasteiger partial charge is 0.151 e. The van der Waals surface area contributed by atoms with Crippen LogP contribution in [0.15, 0.2) is 77.7 Å². The van der Waals surface area contributed by atoms with Gasteiger partial charge >= 0.3 is 0 Å². The number of hydrogen-bond acceptors (Lipinski definition) is 8. The second-order valence-electron chi connectivity index (χ2n) is 11.0. The van der Waals surface area contributed by atoms with Gasteiger partial charge < -0.3 is 20.1 Å². The maximum Gasteiger partial charge on any atom is 0.151 e. The maximum atomic E-state index is 15.6. The molecule has 0 radical (unpaired) electrons. The van der Waals surface area contributed by atoms with Crippen LogP contribution in [0.4, 0.5) is 20.3 Å². The van der Waals surface area contributed by atoms with Gasteiger partial charge in [-0.15, -0.1) is 0 Å². The Morgan fingerprint density at radius 1 is 1.07 bits per heavy atom. The number of hydrogen-bond donors (Lipinski definition) is 2. The summed E-state index contributed by atoms with van der Waals surface area (Å²) >= 11 is 3.55. The summed E-state index contributed by atoms with van der Waals surface area (Å²) < 4.78 is 65.7. The van der Waals surface area contributed by atoms with Crippen LogP contribution in [0.25, 0.3) is 10.9 Å². The van der Waals surface area contributed by atoms with Crippen LogP contribution in [0.2, 0.25) is 0 Å². The van der Waals surface area contributed by atoms with Crippen molar-refractivity contribution in [2.24, 2.45) is 0 Å². The molecule has 1 aliphatic rings. The van der Waals surface area contributed by atoms with Gasteiger partial charge in [-0.05, 0) is 89.8 Å². The van der Waals surface area contributed by atoms with Gasteiger partial charge in [-0.3, -0.25) is 0 Å². The Hall–Kier alpha value is -3.61. The Bertz CT molecular complexity index is 1780. The van der Waals surface area contributed by atoms with E-state index in [0.29, 0.717) is 82.5 Å². The van der Waals surface area contributed by atoms with Crippen LogP contribution in [0.5, 0.6) is 5.75 Å². The van der Waals surface area contributed by atoms with Crippen molar-refractivity contribution in [2.45, 2.75) is 44.8 Å². The van der Waals surface area contributed by atoms with Crippen molar-refractivity contribution >= 4 is 48.2 Å². The van der Waals surface area contributed by atoms with Crippen molar-refractivity contribution in [1.82, 2.24) is 15.3 Å². The van der Waals surface area contributed by atoms with E-state index in [2.05, 4.69) is 36.5 Å². The molecule has 3 aromatic carbocycles. The van der Waals surface area contributed by atoms with Crippen LogP contribution in [0.1, 0.15) is 43.7 Å². The molecule has 0 saturated heterocycles. The Kier molecular flexibility index (Phi) is 10.7. The van der Waals surface area contributed by atoms with E-state index in [0.717, 1.165) is 0 Å². The number of anilines is 2. The SMILES string of the molecule is CCCS(=O)(=O)CCNCCCC1(c2cc3c(Nc4ccc(OCc5cccc(F)c5)c(Br)c4)ncnc3cc2F)CC=CO1. The lowest BCUT2D eigenvalue weighted by atomic mass is 9.85. The van der Waals surface area contributed by atoms with Crippen LogP contribution < -0.4 is 15.4 Å². The van der Waals surface area contributed by atoms with E-state index >= 15 is 4.39 Å². The minimum Gasteiger partial charge on any atom is -0.490 e. The number of rotatable bonds is 15. The van der Waals surface area contributed by atoms with Crippen molar-refractivity contribution in [3.8, 4) is 5.75 Å². The summed E-state index contributed by atoms with van der Waals surface area (Å²) in [4.78, 5) is 8.74. The zero-order valence-corrected chi connectivity index (χ0v) is 27.3. The number of nitrogens with zero attached hydrogens (tertiary/aromatic N) is 2. The van der Waals surface area contributed by atoms with E-state index in [9.17, 15) is 12.8 Å². The average molecular weight is 702 g/mol. The van der Waals surface area contributed by atoms with Crippen molar-refractivity contribution in [1.29, 1.82) is 0 Å². The van der Waals surface area contributed by atoms with Crippen molar-refractivity contribution in [3.05, 3.63) is 100 Å². The molecule has 12 heteroatoms. The number of aromatic nitrogens is 2. The zero-order valence-electron chi connectivity index (χ0n) is 24.9. The van der Waals surface area contributed by atoms with Crippen LogP contribution in [-0.2, 0) is 26.8 Å². The molecule has 1 unspecified atom stereocenters. The van der Waals surface area contributed by atoms with Crippen molar-refractivity contribution in [2.75, 3.05) is 29.9 Å².